The number of nitriles is 1. The van der Waals surface area contributed by atoms with Crippen LogP contribution in [-0.4, -0.2) is 26.5 Å². The molecular formula is C16H16N4O2S. The summed E-state index contributed by atoms with van der Waals surface area (Å²) in [5.41, 5.74) is -0.183. The van der Waals surface area contributed by atoms with E-state index in [1.807, 2.05) is 26.8 Å². The number of rotatable bonds is 4. The Hall–Kier alpha value is -2.46. The summed E-state index contributed by atoms with van der Waals surface area (Å²) in [5, 5.41) is 9.50. The molecule has 2 aromatic heterocycles. The molecule has 0 spiro atoms. The summed E-state index contributed by atoms with van der Waals surface area (Å²) >= 11 is 1.15. The highest BCUT2D eigenvalue weighted by molar-refractivity contribution is 7.99. The summed E-state index contributed by atoms with van der Waals surface area (Å²) < 4.78 is 0. The van der Waals surface area contributed by atoms with Crippen LogP contribution in [0.4, 0.5) is 0 Å². The number of pyridine rings is 1. The Balaban J connectivity index is 2.38. The van der Waals surface area contributed by atoms with Crippen LogP contribution in [-0.2, 0) is 4.79 Å². The van der Waals surface area contributed by atoms with Gasteiger partial charge < -0.3 is 4.98 Å². The molecule has 118 valence electrons. The first-order chi connectivity index (χ1) is 10.8. The summed E-state index contributed by atoms with van der Waals surface area (Å²) in [5.74, 6) is 0.252. The van der Waals surface area contributed by atoms with Crippen LogP contribution in [0.2, 0.25) is 0 Å². The fraction of sp³-hybridized carbons (Fsp3) is 0.312. The first kappa shape index (κ1) is 16.9. The molecule has 6 nitrogen and oxygen atoms in total. The van der Waals surface area contributed by atoms with Crippen molar-refractivity contribution in [1.82, 2.24) is 15.0 Å². The molecule has 0 radical (unpaired) electrons. The van der Waals surface area contributed by atoms with Gasteiger partial charge in [-0.05, 0) is 12.1 Å². The average molecular weight is 328 g/mol. The molecule has 2 heterocycles. The summed E-state index contributed by atoms with van der Waals surface area (Å²) in [7, 11) is 0. The van der Waals surface area contributed by atoms with E-state index in [0.717, 1.165) is 11.8 Å². The van der Waals surface area contributed by atoms with E-state index in [1.165, 1.54) is 6.20 Å². The number of nitrogens with zero attached hydrogens (tertiary/aromatic N) is 3. The minimum Gasteiger partial charge on any atom is -0.300 e. The molecule has 0 unspecified atom stereocenters. The minimum atomic E-state index is -0.521. The summed E-state index contributed by atoms with van der Waals surface area (Å²) in [6, 6.07) is 5.30. The number of hydrogen-bond donors (Lipinski definition) is 1. The molecule has 0 saturated heterocycles. The van der Waals surface area contributed by atoms with Gasteiger partial charge in [0.2, 0.25) is 0 Å². The Morgan fingerprint density at radius 1 is 1.43 bits per heavy atom. The Kier molecular flexibility index (Phi) is 4.96. The van der Waals surface area contributed by atoms with Gasteiger partial charge in [-0.25, -0.2) is 4.98 Å². The molecule has 0 atom stereocenters. The predicted molar refractivity (Wildman–Crippen MR) is 88.0 cm³/mol. The number of H-pyrrole nitrogens is 1. The fourth-order valence-corrected chi connectivity index (χ4v) is 2.71. The Morgan fingerprint density at radius 3 is 2.74 bits per heavy atom. The van der Waals surface area contributed by atoms with E-state index in [4.69, 9.17) is 0 Å². The Bertz CT molecular complexity index is 817. The van der Waals surface area contributed by atoms with Gasteiger partial charge in [0, 0.05) is 23.4 Å². The van der Waals surface area contributed by atoms with Gasteiger partial charge in [-0.3, -0.25) is 14.6 Å². The van der Waals surface area contributed by atoms with Crippen molar-refractivity contribution >= 4 is 17.5 Å². The van der Waals surface area contributed by atoms with Gasteiger partial charge in [0.15, 0.2) is 5.16 Å². The van der Waals surface area contributed by atoms with Crippen LogP contribution >= 0.6 is 11.8 Å². The van der Waals surface area contributed by atoms with Crippen LogP contribution in [0.15, 0.2) is 34.5 Å². The van der Waals surface area contributed by atoms with Crippen molar-refractivity contribution < 1.29 is 4.79 Å². The lowest BCUT2D eigenvalue weighted by atomic mass is 9.92. The van der Waals surface area contributed by atoms with Gasteiger partial charge in [0.25, 0.3) is 5.56 Å². The maximum Gasteiger partial charge on any atom is 0.270 e. The molecule has 23 heavy (non-hydrogen) atoms. The Morgan fingerprint density at radius 2 is 2.17 bits per heavy atom. The van der Waals surface area contributed by atoms with Crippen molar-refractivity contribution in [2.24, 2.45) is 5.41 Å². The SMILES string of the molecule is CC(C)(C)C(=O)CSc1nc(-c2cccnc2)c(C#N)c(=O)[nH]1. The smallest absolute Gasteiger partial charge is 0.270 e. The van der Waals surface area contributed by atoms with Gasteiger partial charge in [-0.1, -0.05) is 32.5 Å². The normalized spacial score (nSPS) is 11.0. The molecule has 0 aromatic carbocycles. The monoisotopic (exact) mass is 328 g/mol. The minimum absolute atomic E-state index is 0.0532. The lowest BCUT2D eigenvalue weighted by Crippen LogP contribution is -2.22. The lowest BCUT2D eigenvalue weighted by molar-refractivity contribution is -0.123. The zero-order valence-electron chi connectivity index (χ0n) is 13.1. The van der Waals surface area contributed by atoms with Gasteiger partial charge in [-0.15, -0.1) is 0 Å². The van der Waals surface area contributed by atoms with Gasteiger partial charge in [0.05, 0.1) is 11.4 Å². The van der Waals surface area contributed by atoms with Crippen LogP contribution in [0.5, 0.6) is 0 Å². The van der Waals surface area contributed by atoms with Crippen LogP contribution in [0, 0.1) is 16.7 Å². The zero-order chi connectivity index (χ0) is 17.0. The molecule has 0 aliphatic carbocycles. The highest BCUT2D eigenvalue weighted by atomic mass is 32.2. The van der Waals surface area contributed by atoms with E-state index < -0.39 is 11.0 Å². The van der Waals surface area contributed by atoms with Crippen molar-refractivity contribution in [3.63, 3.8) is 0 Å². The second kappa shape index (κ2) is 6.75. The van der Waals surface area contributed by atoms with E-state index in [-0.39, 0.29) is 22.8 Å². The van der Waals surface area contributed by atoms with Crippen molar-refractivity contribution in [1.29, 1.82) is 5.26 Å². The third-order valence-electron chi connectivity index (χ3n) is 3.12. The number of carbonyl (C=O) groups excluding carboxylic acids is 1. The molecule has 0 amide bonds. The zero-order valence-corrected chi connectivity index (χ0v) is 13.9. The van der Waals surface area contributed by atoms with Crippen LogP contribution in [0.1, 0.15) is 26.3 Å². The fourth-order valence-electron chi connectivity index (χ4n) is 1.69. The summed E-state index contributed by atoms with van der Waals surface area (Å²) in [6.07, 6.45) is 3.14. The molecular weight excluding hydrogens is 312 g/mol. The summed E-state index contributed by atoms with van der Waals surface area (Å²) in [6.45, 7) is 5.52. The molecule has 0 bridgehead atoms. The molecule has 2 rings (SSSR count). The topological polar surface area (TPSA) is 99.5 Å². The first-order valence-electron chi connectivity index (χ1n) is 6.94. The molecule has 0 fully saturated rings. The van der Waals surface area contributed by atoms with E-state index in [1.54, 1.807) is 18.3 Å². The van der Waals surface area contributed by atoms with Crippen molar-refractivity contribution in [3.05, 3.63) is 40.4 Å². The number of carbonyl (C=O) groups is 1. The largest absolute Gasteiger partial charge is 0.300 e. The van der Waals surface area contributed by atoms with E-state index in [9.17, 15) is 14.9 Å². The third-order valence-corrected chi connectivity index (χ3v) is 3.99. The number of ketones is 1. The average Bonchev–Trinajstić information content (AvgIpc) is 2.52. The number of aromatic amines is 1. The maximum atomic E-state index is 12.1. The van der Waals surface area contributed by atoms with E-state index in [2.05, 4.69) is 15.0 Å². The third kappa shape index (κ3) is 4.05. The highest BCUT2D eigenvalue weighted by Gasteiger charge is 2.22. The molecule has 0 saturated carbocycles. The predicted octanol–water partition coefficient (Wildman–Crippen LogP) is 2.41. The van der Waals surface area contributed by atoms with Crippen molar-refractivity contribution in [3.8, 4) is 17.3 Å². The standard InChI is InChI=1S/C16H16N4O2S/c1-16(2,3)12(21)9-23-15-19-13(10-5-4-6-18-8-10)11(7-17)14(22)20-15/h4-6,8H,9H2,1-3H3,(H,19,20,22). The maximum absolute atomic E-state index is 12.1. The highest BCUT2D eigenvalue weighted by Crippen LogP contribution is 2.23. The summed E-state index contributed by atoms with van der Waals surface area (Å²) in [4.78, 5) is 34.9. The molecule has 2 aromatic rings. The quantitative estimate of drug-likeness (QED) is 0.683. The number of hydrogen-bond acceptors (Lipinski definition) is 6. The number of thioether (sulfide) groups is 1. The Labute approximate surface area is 138 Å². The second-order valence-electron chi connectivity index (χ2n) is 5.91. The van der Waals surface area contributed by atoms with Crippen LogP contribution in [0.25, 0.3) is 11.3 Å². The molecule has 0 aliphatic heterocycles. The lowest BCUT2D eigenvalue weighted by Gasteiger charge is -2.15. The van der Waals surface area contributed by atoms with Crippen LogP contribution in [0.3, 0.4) is 0 Å². The van der Waals surface area contributed by atoms with Gasteiger partial charge in [0.1, 0.15) is 17.4 Å². The molecule has 7 heteroatoms. The number of Topliss-reactive ketones (excluding diaryl/α,β-unsaturated/α-hetero) is 1. The number of nitrogens with one attached hydrogen (secondary N) is 1. The first-order valence-corrected chi connectivity index (χ1v) is 7.92. The second-order valence-corrected chi connectivity index (χ2v) is 6.87. The number of aromatic nitrogens is 3. The van der Waals surface area contributed by atoms with E-state index in [0.29, 0.717) is 10.7 Å². The van der Waals surface area contributed by atoms with Crippen LogP contribution < -0.4 is 5.56 Å². The molecule has 0 aliphatic rings. The molecule has 1 N–H and O–H groups in total. The van der Waals surface area contributed by atoms with E-state index >= 15 is 0 Å². The van der Waals surface area contributed by atoms with Gasteiger partial charge in [-0.2, -0.15) is 5.26 Å². The van der Waals surface area contributed by atoms with Gasteiger partial charge >= 0.3 is 0 Å². The van der Waals surface area contributed by atoms with Crippen molar-refractivity contribution in [2.75, 3.05) is 5.75 Å². The van der Waals surface area contributed by atoms with Crippen molar-refractivity contribution in [2.45, 2.75) is 25.9 Å².